The molecule has 1 heterocycles. The minimum atomic E-state index is 0.405. The van der Waals surface area contributed by atoms with E-state index < -0.39 is 0 Å². The van der Waals surface area contributed by atoms with E-state index >= 15 is 0 Å². The van der Waals surface area contributed by atoms with Crippen LogP contribution in [0.2, 0.25) is 0 Å². The first-order valence-corrected chi connectivity index (χ1v) is 6.34. The maximum atomic E-state index is 5.67. The van der Waals surface area contributed by atoms with Crippen LogP contribution in [0.1, 0.15) is 24.8 Å². The minimum Gasteiger partial charge on any atom is -0.497 e. The summed E-state index contributed by atoms with van der Waals surface area (Å²) in [6.45, 7) is 2.77. The average Bonchev–Trinajstić information content (AvgIpc) is 2.41. The Labute approximate surface area is 103 Å². The lowest BCUT2D eigenvalue weighted by molar-refractivity contribution is 0.0168. The van der Waals surface area contributed by atoms with Gasteiger partial charge in [-0.3, -0.25) is 0 Å². The molecule has 1 aliphatic heterocycles. The zero-order valence-electron chi connectivity index (χ0n) is 10.4. The molecule has 0 saturated carbocycles. The van der Waals surface area contributed by atoms with Gasteiger partial charge in [-0.15, -0.1) is 0 Å². The Hall–Kier alpha value is -1.06. The second-order valence-electron chi connectivity index (χ2n) is 4.47. The lowest BCUT2D eigenvalue weighted by Crippen LogP contribution is -2.31. The normalized spacial score (nSPS) is 20.2. The van der Waals surface area contributed by atoms with Crippen LogP contribution in [0.4, 0.5) is 0 Å². The zero-order chi connectivity index (χ0) is 11.9. The quantitative estimate of drug-likeness (QED) is 0.850. The fourth-order valence-corrected chi connectivity index (χ4v) is 2.09. The first kappa shape index (κ1) is 12.4. The molecule has 94 valence electrons. The highest BCUT2D eigenvalue weighted by Crippen LogP contribution is 2.13. The maximum Gasteiger partial charge on any atom is 0.118 e. The molecule has 0 bridgehead atoms. The van der Waals surface area contributed by atoms with Crippen molar-refractivity contribution in [2.24, 2.45) is 0 Å². The van der Waals surface area contributed by atoms with Gasteiger partial charge in [0, 0.05) is 19.7 Å². The van der Waals surface area contributed by atoms with E-state index in [2.05, 4.69) is 17.4 Å². The van der Waals surface area contributed by atoms with Gasteiger partial charge in [-0.2, -0.15) is 0 Å². The molecule has 1 saturated heterocycles. The third-order valence-corrected chi connectivity index (χ3v) is 3.13. The molecule has 3 heteroatoms. The zero-order valence-corrected chi connectivity index (χ0v) is 10.4. The van der Waals surface area contributed by atoms with Gasteiger partial charge in [-0.05, 0) is 37.0 Å². The fraction of sp³-hybridized carbons (Fsp3) is 0.571. The third-order valence-electron chi connectivity index (χ3n) is 3.13. The van der Waals surface area contributed by atoms with Gasteiger partial charge in [0.05, 0.1) is 13.2 Å². The smallest absolute Gasteiger partial charge is 0.118 e. The molecule has 0 aromatic heterocycles. The van der Waals surface area contributed by atoms with Crippen LogP contribution >= 0.6 is 0 Å². The molecule has 3 nitrogen and oxygen atoms in total. The number of methoxy groups -OCH3 is 1. The van der Waals surface area contributed by atoms with E-state index in [9.17, 15) is 0 Å². The van der Waals surface area contributed by atoms with Crippen molar-refractivity contribution in [2.75, 3.05) is 20.3 Å². The summed E-state index contributed by atoms with van der Waals surface area (Å²) in [6, 6.07) is 8.17. The number of hydrogen-bond acceptors (Lipinski definition) is 3. The van der Waals surface area contributed by atoms with E-state index in [1.165, 1.54) is 24.8 Å². The topological polar surface area (TPSA) is 30.5 Å². The van der Waals surface area contributed by atoms with Crippen LogP contribution in [0.25, 0.3) is 0 Å². The Bertz CT molecular complexity index is 317. The molecule has 1 unspecified atom stereocenters. The Morgan fingerprint density at radius 1 is 1.29 bits per heavy atom. The van der Waals surface area contributed by atoms with Crippen LogP contribution in [-0.2, 0) is 11.3 Å². The molecule has 1 atom stereocenters. The molecule has 0 spiro atoms. The van der Waals surface area contributed by atoms with Crippen molar-refractivity contribution in [3.8, 4) is 5.75 Å². The van der Waals surface area contributed by atoms with Gasteiger partial charge >= 0.3 is 0 Å². The highest BCUT2D eigenvalue weighted by atomic mass is 16.5. The molecule has 0 amide bonds. The van der Waals surface area contributed by atoms with Gasteiger partial charge in [0.2, 0.25) is 0 Å². The Morgan fingerprint density at radius 2 is 2.12 bits per heavy atom. The number of rotatable bonds is 5. The Morgan fingerprint density at radius 3 is 2.76 bits per heavy atom. The van der Waals surface area contributed by atoms with Crippen molar-refractivity contribution in [1.82, 2.24) is 5.32 Å². The molecule has 1 aromatic carbocycles. The molecule has 1 aromatic rings. The fourth-order valence-electron chi connectivity index (χ4n) is 2.09. The second-order valence-corrected chi connectivity index (χ2v) is 4.47. The van der Waals surface area contributed by atoms with Crippen molar-refractivity contribution in [1.29, 1.82) is 0 Å². The van der Waals surface area contributed by atoms with E-state index in [0.29, 0.717) is 6.10 Å². The van der Waals surface area contributed by atoms with E-state index in [-0.39, 0.29) is 0 Å². The van der Waals surface area contributed by atoms with E-state index in [4.69, 9.17) is 9.47 Å². The van der Waals surface area contributed by atoms with Crippen LogP contribution in [0.3, 0.4) is 0 Å². The molecule has 17 heavy (non-hydrogen) atoms. The standard InChI is InChI=1S/C14H21NO2/c1-16-13-7-5-12(6-8-13)10-15-11-14-4-2-3-9-17-14/h5-8,14-15H,2-4,9-11H2,1H3. The summed E-state index contributed by atoms with van der Waals surface area (Å²) < 4.78 is 10.8. The highest BCUT2D eigenvalue weighted by molar-refractivity contribution is 5.26. The number of nitrogens with one attached hydrogen (secondary N) is 1. The van der Waals surface area contributed by atoms with Gasteiger partial charge in [-0.25, -0.2) is 0 Å². The SMILES string of the molecule is COc1ccc(CNCC2CCCCO2)cc1. The Balaban J connectivity index is 1.69. The summed E-state index contributed by atoms with van der Waals surface area (Å²) in [6.07, 6.45) is 4.11. The average molecular weight is 235 g/mol. The van der Waals surface area contributed by atoms with Gasteiger partial charge in [0.1, 0.15) is 5.75 Å². The van der Waals surface area contributed by atoms with Gasteiger partial charge in [0.25, 0.3) is 0 Å². The lowest BCUT2D eigenvalue weighted by Gasteiger charge is -2.22. The van der Waals surface area contributed by atoms with Crippen LogP contribution in [0.5, 0.6) is 5.75 Å². The molecule has 0 radical (unpaired) electrons. The summed E-state index contributed by atoms with van der Waals surface area (Å²) in [5.41, 5.74) is 1.28. The predicted octanol–water partition coefficient (Wildman–Crippen LogP) is 2.35. The van der Waals surface area contributed by atoms with Crippen molar-refractivity contribution < 1.29 is 9.47 Å². The van der Waals surface area contributed by atoms with Crippen LogP contribution in [0.15, 0.2) is 24.3 Å². The number of benzene rings is 1. The highest BCUT2D eigenvalue weighted by Gasteiger charge is 2.12. The molecule has 1 aliphatic rings. The molecular weight excluding hydrogens is 214 g/mol. The summed E-state index contributed by atoms with van der Waals surface area (Å²) in [4.78, 5) is 0. The summed E-state index contributed by atoms with van der Waals surface area (Å²) >= 11 is 0. The largest absolute Gasteiger partial charge is 0.497 e. The van der Waals surface area contributed by atoms with Crippen molar-refractivity contribution in [2.45, 2.75) is 31.9 Å². The summed E-state index contributed by atoms with van der Waals surface area (Å²) in [5.74, 6) is 0.907. The third kappa shape index (κ3) is 4.02. The molecule has 0 aliphatic carbocycles. The summed E-state index contributed by atoms with van der Waals surface area (Å²) in [5, 5.41) is 3.44. The van der Waals surface area contributed by atoms with Gasteiger partial charge in [-0.1, -0.05) is 12.1 Å². The lowest BCUT2D eigenvalue weighted by atomic mass is 10.1. The first-order valence-electron chi connectivity index (χ1n) is 6.34. The van der Waals surface area contributed by atoms with Crippen LogP contribution in [0, 0.1) is 0 Å². The molecule has 1 N–H and O–H groups in total. The number of ether oxygens (including phenoxy) is 2. The Kier molecular flexibility index (Phi) is 4.83. The van der Waals surface area contributed by atoms with Crippen molar-refractivity contribution >= 4 is 0 Å². The van der Waals surface area contributed by atoms with Crippen LogP contribution < -0.4 is 10.1 Å². The predicted molar refractivity (Wildman–Crippen MR) is 68.3 cm³/mol. The van der Waals surface area contributed by atoms with E-state index in [1.54, 1.807) is 7.11 Å². The minimum absolute atomic E-state index is 0.405. The molecular formula is C14H21NO2. The second kappa shape index (κ2) is 6.62. The van der Waals surface area contributed by atoms with E-state index in [1.807, 2.05) is 12.1 Å². The summed E-state index contributed by atoms with van der Waals surface area (Å²) in [7, 11) is 1.69. The van der Waals surface area contributed by atoms with E-state index in [0.717, 1.165) is 25.4 Å². The molecule has 2 rings (SSSR count). The van der Waals surface area contributed by atoms with Gasteiger partial charge in [0.15, 0.2) is 0 Å². The number of hydrogen-bond donors (Lipinski definition) is 1. The van der Waals surface area contributed by atoms with Gasteiger partial charge < -0.3 is 14.8 Å². The van der Waals surface area contributed by atoms with Crippen molar-refractivity contribution in [3.63, 3.8) is 0 Å². The van der Waals surface area contributed by atoms with Crippen LogP contribution in [-0.4, -0.2) is 26.4 Å². The molecule has 1 fully saturated rings. The maximum absolute atomic E-state index is 5.67. The van der Waals surface area contributed by atoms with Crippen molar-refractivity contribution in [3.05, 3.63) is 29.8 Å². The first-order chi connectivity index (χ1) is 8.38. The monoisotopic (exact) mass is 235 g/mol.